The SMILES string of the molecule is COc1ccc(NC2=C(c3cccs3)C(=O)N(c3ccccc3F)C2=O)cc1. The van der Waals surface area contributed by atoms with Crippen molar-refractivity contribution in [2.45, 2.75) is 0 Å². The third kappa shape index (κ3) is 3.05. The molecule has 1 aromatic heterocycles. The van der Waals surface area contributed by atoms with E-state index >= 15 is 0 Å². The Balaban J connectivity index is 1.78. The van der Waals surface area contributed by atoms with Gasteiger partial charge in [-0.3, -0.25) is 9.59 Å². The Morgan fingerprint density at radius 2 is 1.71 bits per heavy atom. The monoisotopic (exact) mass is 394 g/mol. The van der Waals surface area contributed by atoms with Gasteiger partial charge in [-0.2, -0.15) is 0 Å². The van der Waals surface area contributed by atoms with Crippen molar-refractivity contribution < 1.29 is 18.7 Å². The smallest absolute Gasteiger partial charge is 0.282 e. The molecule has 0 fully saturated rings. The molecule has 7 heteroatoms. The van der Waals surface area contributed by atoms with E-state index < -0.39 is 17.6 Å². The van der Waals surface area contributed by atoms with Crippen LogP contribution in [0.15, 0.2) is 71.7 Å². The normalized spacial score (nSPS) is 14.0. The number of anilines is 2. The Labute approximate surface area is 164 Å². The molecule has 0 radical (unpaired) electrons. The summed E-state index contributed by atoms with van der Waals surface area (Å²) >= 11 is 1.34. The number of hydrogen-bond acceptors (Lipinski definition) is 5. The van der Waals surface area contributed by atoms with Gasteiger partial charge in [0.25, 0.3) is 11.8 Å². The van der Waals surface area contributed by atoms with Gasteiger partial charge in [-0.25, -0.2) is 9.29 Å². The Kier molecular flexibility index (Phi) is 4.67. The number of carbonyl (C=O) groups is 2. The number of benzene rings is 2. The van der Waals surface area contributed by atoms with Crippen LogP contribution in [0.25, 0.3) is 5.57 Å². The highest BCUT2D eigenvalue weighted by Gasteiger charge is 2.41. The van der Waals surface area contributed by atoms with E-state index in [-0.39, 0.29) is 17.0 Å². The van der Waals surface area contributed by atoms with Crippen molar-refractivity contribution in [3.05, 3.63) is 82.4 Å². The first-order chi connectivity index (χ1) is 13.6. The van der Waals surface area contributed by atoms with E-state index in [0.29, 0.717) is 16.3 Å². The van der Waals surface area contributed by atoms with Crippen molar-refractivity contribution in [1.82, 2.24) is 0 Å². The molecule has 28 heavy (non-hydrogen) atoms. The summed E-state index contributed by atoms with van der Waals surface area (Å²) in [4.78, 5) is 27.7. The zero-order valence-corrected chi connectivity index (χ0v) is 15.6. The molecule has 5 nitrogen and oxygen atoms in total. The average Bonchev–Trinajstić information content (AvgIpc) is 3.31. The van der Waals surface area contributed by atoms with Crippen molar-refractivity contribution in [2.24, 2.45) is 0 Å². The first-order valence-electron chi connectivity index (χ1n) is 8.42. The minimum absolute atomic E-state index is 0.0712. The van der Waals surface area contributed by atoms with Crippen molar-refractivity contribution in [3.63, 3.8) is 0 Å². The van der Waals surface area contributed by atoms with Crippen LogP contribution in [0, 0.1) is 5.82 Å². The second-order valence-corrected chi connectivity index (χ2v) is 6.93. The fourth-order valence-corrected chi connectivity index (χ4v) is 3.73. The molecule has 2 aromatic carbocycles. The number of halogens is 1. The number of nitrogens with zero attached hydrogens (tertiary/aromatic N) is 1. The minimum Gasteiger partial charge on any atom is -0.497 e. The zero-order chi connectivity index (χ0) is 19.7. The Bertz CT molecular complexity index is 1080. The van der Waals surface area contributed by atoms with Crippen LogP contribution in [0.4, 0.5) is 15.8 Å². The van der Waals surface area contributed by atoms with Crippen LogP contribution in [0.5, 0.6) is 5.75 Å². The summed E-state index contributed by atoms with van der Waals surface area (Å²) in [5, 5.41) is 4.84. The summed E-state index contributed by atoms with van der Waals surface area (Å²) in [7, 11) is 1.56. The molecule has 0 spiro atoms. The highest BCUT2D eigenvalue weighted by atomic mass is 32.1. The number of hydrogen-bond donors (Lipinski definition) is 1. The molecular formula is C21H15FN2O3S. The van der Waals surface area contributed by atoms with Gasteiger partial charge >= 0.3 is 0 Å². The van der Waals surface area contributed by atoms with Crippen LogP contribution in [-0.2, 0) is 9.59 Å². The lowest BCUT2D eigenvalue weighted by Gasteiger charge is -2.16. The zero-order valence-electron chi connectivity index (χ0n) is 14.8. The summed E-state index contributed by atoms with van der Waals surface area (Å²) in [6, 6.07) is 16.2. The maximum Gasteiger partial charge on any atom is 0.282 e. The summed E-state index contributed by atoms with van der Waals surface area (Å²) in [5.74, 6) is -1.14. The number of ether oxygens (including phenoxy) is 1. The largest absolute Gasteiger partial charge is 0.497 e. The number of thiophene rings is 1. The summed E-state index contributed by atoms with van der Waals surface area (Å²) < 4.78 is 19.4. The molecule has 1 N–H and O–H groups in total. The van der Waals surface area contributed by atoms with E-state index in [4.69, 9.17) is 4.74 Å². The topological polar surface area (TPSA) is 58.6 Å². The molecule has 0 saturated carbocycles. The number of imide groups is 1. The summed E-state index contributed by atoms with van der Waals surface area (Å²) in [6.45, 7) is 0. The van der Waals surface area contributed by atoms with E-state index in [1.807, 2.05) is 5.38 Å². The van der Waals surface area contributed by atoms with E-state index in [0.717, 1.165) is 4.90 Å². The fraction of sp³-hybridized carbons (Fsp3) is 0.0476. The minimum atomic E-state index is -0.638. The number of methoxy groups -OCH3 is 1. The number of para-hydroxylation sites is 1. The van der Waals surface area contributed by atoms with Crippen LogP contribution in [0.2, 0.25) is 0 Å². The highest BCUT2D eigenvalue weighted by molar-refractivity contribution is 7.11. The van der Waals surface area contributed by atoms with Gasteiger partial charge in [0.1, 0.15) is 17.3 Å². The van der Waals surface area contributed by atoms with Crippen molar-refractivity contribution in [3.8, 4) is 5.75 Å². The maximum atomic E-state index is 14.3. The quantitative estimate of drug-likeness (QED) is 0.656. The molecule has 2 heterocycles. The Morgan fingerprint density at radius 3 is 2.36 bits per heavy atom. The maximum absolute atomic E-state index is 14.3. The van der Waals surface area contributed by atoms with Gasteiger partial charge in [-0.15, -0.1) is 11.3 Å². The Hall–Kier alpha value is -3.45. The third-order valence-corrected chi connectivity index (χ3v) is 5.19. The first-order valence-corrected chi connectivity index (χ1v) is 9.30. The Morgan fingerprint density at radius 1 is 0.964 bits per heavy atom. The molecule has 3 aromatic rings. The van der Waals surface area contributed by atoms with Gasteiger partial charge in [-0.05, 0) is 47.8 Å². The summed E-state index contributed by atoms with van der Waals surface area (Å²) in [5.41, 5.74) is 0.874. The van der Waals surface area contributed by atoms with Crippen LogP contribution < -0.4 is 15.0 Å². The molecule has 4 rings (SSSR count). The van der Waals surface area contributed by atoms with E-state index in [1.54, 1.807) is 49.6 Å². The molecule has 1 aliphatic heterocycles. The number of nitrogens with one attached hydrogen (secondary N) is 1. The predicted octanol–water partition coefficient (Wildman–Crippen LogP) is 4.29. The molecule has 0 aliphatic carbocycles. The van der Waals surface area contributed by atoms with Crippen molar-refractivity contribution in [1.29, 1.82) is 0 Å². The van der Waals surface area contributed by atoms with Crippen LogP contribution in [0.3, 0.4) is 0 Å². The van der Waals surface area contributed by atoms with E-state index in [2.05, 4.69) is 5.32 Å². The summed E-state index contributed by atoms with van der Waals surface area (Å²) in [6.07, 6.45) is 0. The molecule has 0 atom stereocenters. The van der Waals surface area contributed by atoms with Crippen molar-refractivity contribution >= 4 is 40.1 Å². The standard InChI is InChI=1S/C21H15FN2O3S/c1-27-14-10-8-13(9-11-14)23-19-18(17-7-4-12-28-17)20(25)24(21(19)26)16-6-3-2-5-15(16)22/h2-12,23H,1H3. The second-order valence-electron chi connectivity index (χ2n) is 5.98. The molecule has 0 saturated heterocycles. The fourth-order valence-electron chi connectivity index (χ4n) is 2.97. The lowest BCUT2D eigenvalue weighted by molar-refractivity contribution is -0.120. The van der Waals surface area contributed by atoms with E-state index in [1.165, 1.54) is 29.5 Å². The number of rotatable bonds is 5. The molecule has 0 bridgehead atoms. The van der Waals surface area contributed by atoms with Gasteiger partial charge in [0.05, 0.1) is 18.4 Å². The van der Waals surface area contributed by atoms with Gasteiger partial charge in [0, 0.05) is 10.6 Å². The molecule has 1 aliphatic rings. The molecular weight excluding hydrogens is 379 g/mol. The van der Waals surface area contributed by atoms with Gasteiger partial charge in [-0.1, -0.05) is 18.2 Å². The number of carbonyl (C=O) groups excluding carboxylic acids is 2. The third-order valence-electron chi connectivity index (χ3n) is 4.30. The number of amides is 2. The van der Waals surface area contributed by atoms with Crippen LogP contribution in [0.1, 0.15) is 4.88 Å². The lowest BCUT2D eigenvalue weighted by atomic mass is 10.2. The average molecular weight is 394 g/mol. The van der Waals surface area contributed by atoms with E-state index in [9.17, 15) is 14.0 Å². The van der Waals surface area contributed by atoms with Gasteiger partial charge in [0.15, 0.2) is 0 Å². The van der Waals surface area contributed by atoms with Crippen LogP contribution in [-0.4, -0.2) is 18.9 Å². The first kappa shape index (κ1) is 17.9. The van der Waals surface area contributed by atoms with Gasteiger partial charge in [0.2, 0.25) is 0 Å². The van der Waals surface area contributed by atoms with Crippen LogP contribution >= 0.6 is 11.3 Å². The van der Waals surface area contributed by atoms with Gasteiger partial charge < -0.3 is 10.1 Å². The van der Waals surface area contributed by atoms with Crippen molar-refractivity contribution in [2.75, 3.05) is 17.3 Å². The molecule has 2 amide bonds. The lowest BCUT2D eigenvalue weighted by Crippen LogP contribution is -2.33. The second kappa shape index (κ2) is 7.28. The predicted molar refractivity (Wildman–Crippen MR) is 107 cm³/mol. The molecule has 0 unspecified atom stereocenters. The highest BCUT2D eigenvalue weighted by Crippen LogP contribution is 2.36. The molecule has 140 valence electrons.